The number of halogens is 2. The first-order chi connectivity index (χ1) is 9.45. The Balaban J connectivity index is 2.67. The van der Waals surface area contributed by atoms with E-state index < -0.39 is 22.2 Å². The highest BCUT2D eigenvalue weighted by atomic mass is 19.1. The van der Waals surface area contributed by atoms with Gasteiger partial charge in [0.2, 0.25) is 5.82 Å². The molecule has 0 amide bonds. The predicted octanol–water partition coefficient (Wildman–Crippen LogP) is 3.06. The monoisotopic (exact) mass is 283 g/mol. The van der Waals surface area contributed by atoms with Crippen molar-refractivity contribution in [3.63, 3.8) is 0 Å². The number of nitrogens with zero attached hydrogens (tertiary/aromatic N) is 2. The Labute approximate surface area is 112 Å². The number of nitrogen functional groups attached to an aromatic ring is 1. The van der Waals surface area contributed by atoms with Gasteiger partial charge in [0.05, 0.1) is 16.6 Å². The summed E-state index contributed by atoms with van der Waals surface area (Å²) in [7, 11) is 0. The van der Waals surface area contributed by atoms with Crippen molar-refractivity contribution in [3.8, 4) is 11.3 Å². The van der Waals surface area contributed by atoms with Crippen LogP contribution in [0.3, 0.4) is 0 Å². The van der Waals surface area contributed by atoms with Gasteiger partial charge in [-0.2, -0.15) is 4.39 Å². The van der Waals surface area contributed by atoms with Crippen LogP contribution in [-0.4, -0.2) is 10.1 Å². The lowest BCUT2D eigenvalue weighted by atomic mass is 10.0. The molecule has 20 heavy (non-hydrogen) atoms. The minimum Gasteiger partial charge on any atom is -0.381 e. The normalized spacial score (nSPS) is 10.8. The van der Waals surface area contributed by atoms with E-state index in [1.165, 1.54) is 0 Å². The van der Waals surface area contributed by atoms with Gasteiger partial charge in [0, 0.05) is 5.56 Å². The number of rotatable bonds is 4. The summed E-state index contributed by atoms with van der Waals surface area (Å²) < 4.78 is 32.4. The zero-order valence-electron chi connectivity index (χ0n) is 10.5. The Morgan fingerprint density at radius 2 is 2.15 bits per heavy atom. The Morgan fingerprint density at radius 3 is 2.75 bits per heavy atom. The standard InChI is InChI=1S/C12H11F2N3O3/c1-2-3-7-11(20-16-12(7)15)8-4-6(13)5-9(10(8)14)17(18)19/h4-5H,2-3H2,1H3,(H2,15,16). The first-order valence-corrected chi connectivity index (χ1v) is 5.83. The molecular weight excluding hydrogens is 272 g/mol. The molecule has 0 saturated heterocycles. The van der Waals surface area contributed by atoms with Crippen molar-refractivity contribution in [1.29, 1.82) is 0 Å². The molecule has 106 valence electrons. The molecule has 0 atom stereocenters. The van der Waals surface area contributed by atoms with Gasteiger partial charge in [-0.05, 0) is 12.5 Å². The van der Waals surface area contributed by atoms with Crippen LogP contribution < -0.4 is 5.73 Å². The molecule has 6 nitrogen and oxygen atoms in total. The van der Waals surface area contributed by atoms with Crippen LogP contribution in [0.2, 0.25) is 0 Å². The lowest BCUT2D eigenvalue weighted by molar-refractivity contribution is -0.387. The molecule has 1 aromatic heterocycles. The van der Waals surface area contributed by atoms with E-state index in [1.54, 1.807) is 0 Å². The van der Waals surface area contributed by atoms with Gasteiger partial charge in [-0.25, -0.2) is 4.39 Å². The van der Waals surface area contributed by atoms with Crippen LogP contribution >= 0.6 is 0 Å². The number of anilines is 1. The minimum atomic E-state index is -1.18. The molecule has 2 N–H and O–H groups in total. The van der Waals surface area contributed by atoms with Crippen molar-refractivity contribution >= 4 is 11.5 Å². The van der Waals surface area contributed by atoms with Crippen molar-refractivity contribution in [1.82, 2.24) is 5.16 Å². The van der Waals surface area contributed by atoms with Gasteiger partial charge >= 0.3 is 5.69 Å². The van der Waals surface area contributed by atoms with Gasteiger partial charge in [0.1, 0.15) is 5.82 Å². The Kier molecular flexibility index (Phi) is 3.64. The van der Waals surface area contributed by atoms with Crippen molar-refractivity contribution in [2.24, 2.45) is 0 Å². The summed E-state index contributed by atoms with van der Waals surface area (Å²) >= 11 is 0. The Bertz CT molecular complexity index is 670. The van der Waals surface area contributed by atoms with Crippen LogP contribution in [0.15, 0.2) is 16.7 Å². The summed E-state index contributed by atoms with van der Waals surface area (Å²) in [6.07, 6.45) is 1.12. The van der Waals surface area contributed by atoms with Crippen LogP contribution in [0.25, 0.3) is 11.3 Å². The maximum atomic E-state index is 14.1. The van der Waals surface area contributed by atoms with Crippen molar-refractivity contribution < 1.29 is 18.2 Å². The molecule has 1 heterocycles. The first kappa shape index (κ1) is 13.9. The van der Waals surface area contributed by atoms with Crippen molar-refractivity contribution in [3.05, 3.63) is 39.4 Å². The summed E-state index contributed by atoms with van der Waals surface area (Å²) in [5.41, 5.74) is 4.69. The van der Waals surface area contributed by atoms with Gasteiger partial charge in [-0.15, -0.1) is 0 Å². The third-order valence-corrected chi connectivity index (χ3v) is 2.78. The number of hydrogen-bond donors (Lipinski definition) is 1. The Morgan fingerprint density at radius 1 is 1.45 bits per heavy atom. The second-order valence-corrected chi connectivity index (χ2v) is 4.17. The van der Waals surface area contributed by atoms with E-state index in [0.717, 1.165) is 6.07 Å². The molecule has 0 saturated carbocycles. The fraction of sp³-hybridized carbons (Fsp3) is 0.250. The molecule has 1 aromatic carbocycles. The lowest BCUT2D eigenvalue weighted by Gasteiger charge is -2.03. The van der Waals surface area contributed by atoms with Gasteiger partial charge in [0.25, 0.3) is 0 Å². The van der Waals surface area contributed by atoms with Crippen molar-refractivity contribution in [2.45, 2.75) is 19.8 Å². The molecule has 0 fully saturated rings. The van der Waals surface area contributed by atoms with Crippen LogP contribution in [0.5, 0.6) is 0 Å². The third-order valence-electron chi connectivity index (χ3n) is 2.78. The molecule has 0 spiro atoms. The quantitative estimate of drug-likeness (QED) is 0.687. The molecule has 2 aromatic rings. The SMILES string of the molecule is CCCc1c(N)noc1-c1cc(F)cc([N+](=O)[O-])c1F. The van der Waals surface area contributed by atoms with E-state index in [-0.39, 0.29) is 17.1 Å². The lowest BCUT2D eigenvalue weighted by Crippen LogP contribution is -1.98. The smallest absolute Gasteiger partial charge is 0.308 e. The fourth-order valence-electron chi connectivity index (χ4n) is 1.90. The molecular formula is C12H11F2N3O3. The number of nitro benzene ring substituents is 1. The maximum absolute atomic E-state index is 14.1. The van der Waals surface area contributed by atoms with Gasteiger partial charge in [0.15, 0.2) is 11.6 Å². The number of nitrogens with two attached hydrogens (primary N) is 1. The molecule has 0 aliphatic rings. The Hall–Kier alpha value is -2.51. The van der Waals surface area contributed by atoms with Gasteiger partial charge < -0.3 is 10.3 Å². The summed E-state index contributed by atoms with van der Waals surface area (Å²) in [5.74, 6) is -2.13. The molecule has 0 aliphatic carbocycles. The average Bonchev–Trinajstić information content (AvgIpc) is 2.74. The molecule has 0 bridgehead atoms. The van der Waals surface area contributed by atoms with E-state index in [9.17, 15) is 18.9 Å². The van der Waals surface area contributed by atoms with Crippen LogP contribution in [0, 0.1) is 21.7 Å². The zero-order chi connectivity index (χ0) is 14.9. The maximum Gasteiger partial charge on any atom is 0.308 e. The highest BCUT2D eigenvalue weighted by Crippen LogP contribution is 2.34. The topological polar surface area (TPSA) is 95.2 Å². The molecule has 8 heteroatoms. The molecule has 0 aliphatic heterocycles. The van der Waals surface area contributed by atoms with Crippen molar-refractivity contribution in [2.75, 3.05) is 5.73 Å². The van der Waals surface area contributed by atoms with Crippen LogP contribution in [-0.2, 0) is 6.42 Å². The number of benzene rings is 1. The minimum absolute atomic E-state index is 0.0631. The van der Waals surface area contributed by atoms with E-state index >= 15 is 0 Å². The summed E-state index contributed by atoms with van der Waals surface area (Å²) in [6.45, 7) is 1.86. The molecule has 0 radical (unpaired) electrons. The highest BCUT2D eigenvalue weighted by Gasteiger charge is 2.26. The van der Waals surface area contributed by atoms with Crippen LogP contribution in [0.1, 0.15) is 18.9 Å². The van der Waals surface area contributed by atoms with E-state index in [2.05, 4.69) is 5.16 Å². The van der Waals surface area contributed by atoms with Gasteiger partial charge in [-0.1, -0.05) is 18.5 Å². The van der Waals surface area contributed by atoms with Gasteiger partial charge in [-0.3, -0.25) is 10.1 Å². The zero-order valence-corrected chi connectivity index (χ0v) is 10.5. The fourth-order valence-corrected chi connectivity index (χ4v) is 1.90. The molecule has 0 unspecified atom stereocenters. The van der Waals surface area contributed by atoms with E-state index in [4.69, 9.17) is 10.3 Å². The van der Waals surface area contributed by atoms with E-state index in [0.29, 0.717) is 24.5 Å². The highest BCUT2D eigenvalue weighted by molar-refractivity contribution is 5.69. The second-order valence-electron chi connectivity index (χ2n) is 4.17. The average molecular weight is 283 g/mol. The summed E-state index contributed by atoms with van der Waals surface area (Å²) in [4.78, 5) is 9.70. The molecule has 2 rings (SSSR count). The number of hydrogen-bond acceptors (Lipinski definition) is 5. The van der Waals surface area contributed by atoms with E-state index in [1.807, 2.05) is 6.92 Å². The van der Waals surface area contributed by atoms with Crippen LogP contribution in [0.4, 0.5) is 20.3 Å². The third kappa shape index (κ3) is 2.31. The largest absolute Gasteiger partial charge is 0.381 e. The first-order valence-electron chi connectivity index (χ1n) is 5.83. The summed E-state index contributed by atoms with van der Waals surface area (Å²) in [5, 5.41) is 14.2. The number of aromatic nitrogens is 1. The second kappa shape index (κ2) is 5.24. The number of nitro groups is 1. The predicted molar refractivity (Wildman–Crippen MR) is 66.9 cm³/mol. The summed E-state index contributed by atoms with van der Waals surface area (Å²) in [6, 6.07) is 1.33.